The lowest BCUT2D eigenvalue weighted by molar-refractivity contribution is -0.191. The van der Waals surface area contributed by atoms with Gasteiger partial charge >= 0.3 is 18.0 Å². The molecule has 1 amide bonds. The van der Waals surface area contributed by atoms with Crippen LogP contribution in [0.15, 0.2) is 16.9 Å². The normalized spacial score (nSPS) is 19.9. The van der Waals surface area contributed by atoms with Crippen molar-refractivity contribution in [3.63, 3.8) is 0 Å². The number of nitrogens with zero attached hydrogens (tertiary/aromatic N) is 3. The smallest absolute Gasteiger partial charge is 0.408 e. The maximum atomic E-state index is 15.3. The van der Waals surface area contributed by atoms with Crippen LogP contribution in [0.4, 0.5) is 9.18 Å². The number of cyclic esters (lactones) is 1. The van der Waals surface area contributed by atoms with Crippen LogP contribution in [0.1, 0.15) is 108 Å². The number of hydrogen-bond acceptors (Lipinski definition) is 9. The van der Waals surface area contributed by atoms with Crippen LogP contribution in [0.25, 0.3) is 22.3 Å². The summed E-state index contributed by atoms with van der Waals surface area (Å²) < 4.78 is 33.9. The molecule has 1 unspecified atom stereocenters. The molecule has 0 radical (unpaired) electrons. The van der Waals surface area contributed by atoms with Gasteiger partial charge in [0.25, 0.3) is 5.56 Å². The highest BCUT2D eigenvalue weighted by atomic mass is 19.1. The largest absolute Gasteiger partial charge is 0.457 e. The van der Waals surface area contributed by atoms with Gasteiger partial charge in [-0.3, -0.25) is 9.69 Å². The zero-order valence-corrected chi connectivity index (χ0v) is 30.4. The number of rotatable bonds is 8. The van der Waals surface area contributed by atoms with E-state index in [-0.39, 0.29) is 48.1 Å². The highest BCUT2D eigenvalue weighted by Gasteiger charge is 2.52. The predicted molar refractivity (Wildman–Crippen MR) is 185 cm³/mol. The monoisotopic (exact) mass is 690 g/mol. The van der Waals surface area contributed by atoms with E-state index in [1.165, 1.54) is 6.07 Å². The van der Waals surface area contributed by atoms with Crippen molar-refractivity contribution in [1.29, 1.82) is 0 Å². The molecule has 2 aliphatic heterocycles. The number of fused-ring (bicyclic) bond motifs is 5. The minimum atomic E-state index is -1.96. The van der Waals surface area contributed by atoms with Gasteiger partial charge in [-0.15, -0.1) is 0 Å². The average Bonchev–Trinajstić information content (AvgIpc) is 3.42. The number of ether oxygens (including phenoxy) is 3. The number of pyridine rings is 2. The number of aryl methyl sites for hydroxylation is 1. The molecular weight excluding hydrogens is 643 g/mol. The lowest BCUT2D eigenvalue weighted by atomic mass is 9.81. The van der Waals surface area contributed by atoms with E-state index in [0.29, 0.717) is 22.5 Å². The summed E-state index contributed by atoms with van der Waals surface area (Å²) in [5.41, 5.74) is 2.34. The molecule has 268 valence electrons. The second-order valence-corrected chi connectivity index (χ2v) is 14.8. The molecule has 11 nitrogen and oxygen atoms in total. The Balaban J connectivity index is 1.51. The number of esters is 2. The van der Waals surface area contributed by atoms with Crippen LogP contribution in [-0.4, -0.2) is 57.2 Å². The highest BCUT2D eigenvalue weighted by Crippen LogP contribution is 2.48. The van der Waals surface area contributed by atoms with Gasteiger partial charge in [0, 0.05) is 28.6 Å². The van der Waals surface area contributed by atoms with Crippen molar-refractivity contribution in [2.75, 3.05) is 13.1 Å². The van der Waals surface area contributed by atoms with E-state index < -0.39 is 41.2 Å². The first-order chi connectivity index (χ1) is 23.6. The van der Waals surface area contributed by atoms with Gasteiger partial charge < -0.3 is 24.1 Å². The molecule has 3 atom stereocenters. The molecule has 0 bridgehead atoms. The molecule has 3 aliphatic rings. The summed E-state index contributed by atoms with van der Waals surface area (Å²) >= 11 is 0. The van der Waals surface area contributed by atoms with Gasteiger partial charge in [0.15, 0.2) is 0 Å². The molecule has 4 heterocycles. The molecule has 2 aromatic heterocycles. The minimum absolute atomic E-state index is 0.0359. The maximum Gasteiger partial charge on any atom is 0.408 e. The first-order valence-corrected chi connectivity index (χ1v) is 17.6. The third kappa shape index (κ3) is 5.65. The van der Waals surface area contributed by atoms with Crippen LogP contribution in [0, 0.1) is 18.7 Å². The first kappa shape index (κ1) is 35.5. The second-order valence-electron chi connectivity index (χ2n) is 14.8. The van der Waals surface area contributed by atoms with Gasteiger partial charge in [0.2, 0.25) is 5.60 Å². The van der Waals surface area contributed by atoms with Crippen molar-refractivity contribution < 1.29 is 33.0 Å². The van der Waals surface area contributed by atoms with Gasteiger partial charge in [-0.2, -0.15) is 0 Å². The van der Waals surface area contributed by atoms with E-state index in [0.717, 1.165) is 48.0 Å². The van der Waals surface area contributed by atoms with Gasteiger partial charge in [0.1, 0.15) is 24.1 Å². The van der Waals surface area contributed by atoms with Gasteiger partial charge in [-0.1, -0.05) is 34.6 Å². The molecule has 1 aromatic carbocycles. The zero-order valence-electron chi connectivity index (χ0n) is 30.4. The van der Waals surface area contributed by atoms with Crippen molar-refractivity contribution in [2.45, 2.75) is 118 Å². The zero-order chi connectivity index (χ0) is 36.4. The molecule has 6 rings (SSSR count). The summed E-state index contributed by atoms with van der Waals surface area (Å²) in [6.07, 6.45) is 0.682. The number of aromatic nitrogens is 2. The minimum Gasteiger partial charge on any atom is -0.457 e. The van der Waals surface area contributed by atoms with E-state index in [4.69, 9.17) is 19.2 Å². The van der Waals surface area contributed by atoms with Crippen molar-refractivity contribution in [3.05, 3.63) is 61.7 Å². The Morgan fingerprint density at radius 2 is 1.84 bits per heavy atom. The summed E-state index contributed by atoms with van der Waals surface area (Å²) in [6.45, 7) is 17.9. The van der Waals surface area contributed by atoms with Gasteiger partial charge in [-0.05, 0) is 88.7 Å². The van der Waals surface area contributed by atoms with E-state index in [9.17, 15) is 19.2 Å². The quantitative estimate of drug-likeness (QED) is 0.176. The summed E-state index contributed by atoms with van der Waals surface area (Å²) in [5, 5.41) is 3.53. The van der Waals surface area contributed by atoms with Crippen molar-refractivity contribution in [2.24, 2.45) is 5.92 Å². The average molecular weight is 691 g/mol. The number of hydrogen-bond donors (Lipinski definition) is 1. The highest BCUT2D eigenvalue weighted by molar-refractivity contribution is 5.94. The van der Waals surface area contributed by atoms with E-state index in [2.05, 4.69) is 24.1 Å². The van der Waals surface area contributed by atoms with Crippen molar-refractivity contribution in [3.8, 4) is 11.4 Å². The van der Waals surface area contributed by atoms with Gasteiger partial charge in [0.05, 0.1) is 29.0 Å². The fourth-order valence-electron chi connectivity index (χ4n) is 7.88. The Kier molecular flexibility index (Phi) is 9.07. The fraction of sp³-hybridized carbons (Fsp3) is 0.553. The summed E-state index contributed by atoms with van der Waals surface area (Å²) in [4.78, 5) is 62.0. The molecule has 0 spiro atoms. The first-order valence-electron chi connectivity index (χ1n) is 17.6. The van der Waals surface area contributed by atoms with Crippen LogP contribution in [-0.2, 0) is 49.0 Å². The van der Waals surface area contributed by atoms with Crippen LogP contribution >= 0.6 is 0 Å². The SMILES string of the molecule is CCN(CC)[C@H]1CCc2c(C)c(F)cc3nc4c(c1c23)Cn1c-4cc2c(c1=O)COC(=O)[C@@]2(CC)OC(=O)C(NC(=O)OC(C)(C)C)C(C)C. The number of alkyl carbamates (subject to hydrolysis) is 1. The molecule has 12 heteroatoms. The Hall–Kier alpha value is -4.32. The Bertz CT molecular complexity index is 1980. The molecule has 50 heavy (non-hydrogen) atoms. The number of amides is 1. The van der Waals surface area contributed by atoms with Gasteiger partial charge in [-0.25, -0.2) is 23.8 Å². The number of carbonyl (C=O) groups excluding carboxylic acids is 3. The molecule has 3 aromatic rings. The van der Waals surface area contributed by atoms with E-state index >= 15 is 4.39 Å². The summed E-state index contributed by atoms with van der Waals surface area (Å²) in [5.74, 6) is -2.43. The van der Waals surface area contributed by atoms with Crippen LogP contribution < -0.4 is 10.9 Å². The Morgan fingerprint density at radius 1 is 1.14 bits per heavy atom. The van der Waals surface area contributed by atoms with E-state index in [1.807, 2.05) is 6.92 Å². The lowest BCUT2D eigenvalue weighted by Crippen LogP contribution is -2.53. The fourth-order valence-corrected chi connectivity index (χ4v) is 7.88. The van der Waals surface area contributed by atoms with Crippen molar-refractivity contribution >= 4 is 28.9 Å². The molecule has 1 aliphatic carbocycles. The topological polar surface area (TPSA) is 129 Å². The third-order valence-electron chi connectivity index (χ3n) is 10.4. The summed E-state index contributed by atoms with van der Waals surface area (Å²) in [7, 11) is 0. The molecular formula is C38H47FN4O7. The number of nitrogens with one attached hydrogen (secondary N) is 1. The van der Waals surface area contributed by atoms with Crippen LogP contribution in [0.2, 0.25) is 0 Å². The van der Waals surface area contributed by atoms with Crippen molar-refractivity contribution in [1.82, 2.24) is 19.8 Å². The lowest BCUT2D eigenvalue weighted by Gasteiger charge is -2.37. The number of halogens is 1. The second kappa shape index (κ2) is 12.8. The molecule has 0 fully saturated rings. The number of benzene rings is 1. The number of carbonyl (C=O) groups is 3. The van der Waals surface area contributed by atoms with Crippen LogP contribution in [0.3, 0.4) is 0 Å². The predicted octanol–water partition coefficient (Wildman–Crippen LogP) is 5.96. The Morgan fingerprint density at radius 3 is 2.46 bits per heavy atom. The maximum absolute atomic E-state index is 15.3. The third-order valence-corrected chi connectivity index (χ3v) is 10.4. The molecule has 1 N–H and O–H groups in total. The summed E-state index contributed by atoms with van der Waals surface area (Å²) in [6, 6.07) is 2.07. The Labute approximate surface area is 291 Å². The van der Waals surface area contributed by atoms with E-state index in [1.54, 1.807) is 52.2 Å². The standard InChI is InChI=1S/C38H47FN4O7/c1-10-38(49-34(45)31(19(4)5)41-36(47)50-37(7,8)9)24-15-28-32-22(17-43(28)33(44)23(24)18-48-35(38)46)30-27(42(11-2)12-3)14-13-21-20(6)25(39)16-26(40-32)29(21)30/h15-16,19,27,31H,10-14,17-18H2,1-9H3,(H,41,47)/t27-,31?,38-/m0/s1. The molecule has 0 saturated heterocycles. The molecule has 0 saturated carbocycles. The van der Waals surface area contributed by atoms with Crippen LogP contribution in [0.5, 0.6) is 0 Å².